The Balaban J connectivity index is 2.29. The highest BCUT2D eigenvalue weighted by atomic mass is 32.2. The fraction of sp³-hybridized carbons (Fsp3) is 0.222. The molecule has 0 spiro atoms. The first-order chi connectivity index (χ1) is 11.9. The molecule has 0 aliphatic heterocycles. The average molecular weight is 358 g/mol. The smallest absolute Gasteiger partial charge is 0.343 e. The number of esters is 1. The van der Waals surface area contributed by atoms with Crippen molar-refractivity contribution in [2.24, 2.45) is 0 Å². The Labute approximate surface area is 147 Å². The standard InChI is InChI=1S/C18H18N2O4S/c1-3-20(4-2)25(22,23)17-10-6-8-15(12-17)18(21)24-16-9-5-7-14(11-16)13-19/h5-12H,3-4H2,1-2H3. The zero-order valence-corrected chi connectivity index (χ0v) is 14.8. The second-order valence-corrected chi connectivity index (χ2v) is 7.08. The zero-order chi connectivity index (χ0) is 18.4. The third-order valence-electron chi connectivity index (χ3n) is 3.59. The van der Waals surface area contributed by atoms with E-state index in [9.17, 15) is 13.2 Å². The van der Waals surface area contributed by atoms with Gasteiger partial charge in [0.15, 0.2) is 0 Å². The van der Waals surface area contributed by atoms with Gasteiger partial charge in [-0.3, -0.25) is 0 Å². The lowest BCUT2D eigenvalue weighted by molar-refractivity contribution is 0.0734. The Bertz CT molecular complexity index is 913. The zero-order valence-electron chi connectivity index (χ0n) is 14.0. The van der Waals surface area contributed by atoms with Crippen molar-refractivity contribution in [3.05, 3.63) is 59.7 Å². The fourth-order valence-electron chi connectivity index (χ4n) is 2.29. The van der Waals surface area contributed by atoms with Crippen molar-refractivity contribution >= 4 is 16.0 Å². The minimum atomic E-state index is -3.66. The van der Waals surface area contributed by atoms with E-state index < -0.39 is 16.0 Å². The Hall–Kier alpha value is -2.69. The topological polar surface area (TPSA) is 87.5 Å². The van der Waals surface area contributed by atoms with Gasteiger partial charge in [0, 0.05) is 13.1 Å². The molecule has 0 radical (unpaired) electrons. The summed E-state index contributed by atoms with van der Waals surface area (Å²) in [7, 11) is -3.66. The van der Waals surface area contributed by atoms with Crippen molar-refractivity contribution in [3.63, 3.8) is 0 Å². The molecule has 0 saturated carbocycles. The maximum absolute atomic E-state index is 12.5. The molecule has 25 heavy (non-hydrogen) atoms. The summed E-state index contributed by atoms with van der Waals surface area (Å²) in [6.45, 7) is 4.19. The molecule has 0 aromatic heterocycles. The Kier molecular flexibility index (Phi) is 5.91. The lowest BCUT2D eigenvalue weighted by atomic mass is 10.2. The van der Waals surface area contributed by atoms with Crippen molar-refractivity contribution in [2.45, 2.75) is 18.7 Å². The maximum atomic E-state index is 12.5. The minimum Gasteiger partial charge on any atom is -0.423 e. The van der Waals surface area contributed by atoms with E-state index in [1.165, 1.54) is 34.6 Å². The van der Waals surface area contributed by atoms with Gasteiger partial charge < -0.3 is 4.74 Å². The third kappa shape index (κ3) is 4.24. The summed E-state index contributed by atoms with van der Waals surface area (Å²) in [5.41, 5.74) is 0.485. The summed E-state index contributed by atoms with van der Waals surface area (Å²) in [5.74, 6) is -0.465. The van der Waals surface area contributed by atoms with Crippen molar-refractivity contribution in [3.8, 4) is 11.8 Å². The Morgan fingerprint density at radius 2 is 1.80 bits per heavy atom. The molecule has 0 saturated heterocycles. The van der Waals surface area contributed by atoms with Crippen LogP contribution in [0.25, 0.3) is 0 Å². The molecule has 0 atom stereocenters. The highest BCUT2D eigenvalue weighted by Gasteiger charge is 2.22. The molecule has 0 amide bonds. The van der Waals surface area contributed by atoms with Crippen LogP contribution < -0.4 is 4.74 Å². The van der Waals surface area contributed by atoms with E-state index in [-0.39, 0.29) is 16.2 Å². The van der Waals surface area contributed by atoms with Crippen LogP contribution in [0.2, 0.25) is 0 Å². The van der Waals surface area contributed by atoms with Crippen LogP contribution in [0.5, 0.6) is 5.75 Å². The van der Waals surface area contributed by atoms with Gasteiger partial charge in [0.2, 0.25) is 10.0 Å². The van der Waals surface area contributed by atoms with Gasteiger partial charge in [-0.1, -0.05) is 26.0 Å². The van der Waals surface area contributed by atoms with Gasteiger partial charge in [-0.05, 0) is 36.4 Å². The summed E-state index contributed by atoms with van der Waals surface area (Å²) < 4.78 is 31.6. The lowest BCUT2D eigenvalue weighted by Gasteiger charge is -2.18. The monoisotopic (exact) mass is 358 g/mol. The first-order valence-electron chi connectivity index (χ1n) is 7.75. The molecule has 6 nitrogen and oxygen atoms in total. The van der Waals surface area contributed by atoms with Crippen LogP contribution in [0.1, 0.15) is 29.8 Å². The molecule has 2 aromatic carbocycles. The van der Waals surface area contributed by atoms with Crippen molar-refractivity contribution < 1.29 is 17.9 Å². The molecule has 0 unspecified atom stereocenters. The average Bonchev–Trinajstić information content (AvgIpc) is 2.62. The Morgan fingerprint density at radius 3 is 2.44 bits per heavy atom. The first-order valence-corrected chi connectivity index (χ1v) is 9.19. The number of rotatable bonds is 6. The van der Waals surface area contributed by atoms with E-state index >= 15 is 0 Å². The molecular weight excluding hydrogens is 340 g/mol. The van der Waals surface area contributed by atoms with Crippen molar-refractivity contribution in [1.29, 1.82) is 5.26 Å². The molecule has 130 valence electrons. The second-order valence-electron chi connectivity index (χ2n) is 5.15. The molecule has 0 aliphatic carbocycles. The molecule has 2 rings (SSSR count). The number of nitrogens with zero attached hydrogens (tertiary/aromatic N) is 2. The molecule has 0 fully saturated rings. The summed E-state index contributed by atoms with van der Waals surface area (Å²) in [6.07, 6.45) is 0. The number of nitriles is 1. The molecular formula is C18H18N2O4S. The van der Waals surface area contributed by atoms with Crippen LogP contribution >= 0.6 is 0 Å². The predicted molar refractivity (Wildman–Crippen MR) is 92.7 cm³/mol. The summed E-state index contributed by atoms with van der Waals surface area (Å²) in [4.78, 5) is 12.3. The number of carbonyl (C=O) groups is 1. The SMILES string of the molecule is CCN(CC)S(=O)(=O)c1cccc(C(=O)Oc2cccc(C#N)c2)c1. The van der Waals surface area contributed by atoms with Crippen LogP contribution in [-0.4, -0.2) is 31.8 Å². The molecule has 0 aliphatic rings. The van der Waals surface area contributed by atoms with E-state index in [1.807, 2.05) is 6.07 Å². The number of hydrogen-bond donors (Lipinski definition) is 0. The van der Waals surface area contributed by atoms with Crippen LogP contribution in [0, 0.1) is 11.3 Å². The van der Waals surface area contributed by atoms with Crippen molar-refractivity contribution in [2.75, 3.05) is 13.1 Å². The van der Waals surface area contributed by atoms with Gasteiger partial charge in [0.1, 0.15) is 5.75 Å². The van der Waals surface area contributed by atoms with Gasteiger partial charge >= 0.3 is 5.97 Å². The largest absolute Gasteiger partial charge is 0.423 e. The van der Waals surface area contributed by atoms with Crippen molar-refractivity contribution in [1.82, 2.24) is 4.31 Å². The molecule has 0 N–H and O–H groups in total. The third-order valence-corrected chi connectivity index (χ3v) is 5.63. The molecule has 0 heterocycles. The number of carbonyl (C=O) groups excluding carboxylic acids is 1. The molecule has 7 heteroatoms. The van der Waals surface area contributed by atoms with E-state index in [1.54, 1.807) is 32.0 Å². The number of ether oxygens (including phenoxy) is 1. The van der Waals surface area contributed by atoms with E-state index in [2.05, 4.69) is 0 Å². The van der Waals surface area contributed by atoms with E-state index in [0.29, 0.717) is 18.7 Å². The molecule has 0 bridgehead atoms. The number of sulfonamides is 1. The van der Waals surface area contributed by atoms with Gasteiger partial charge in [-0.25, -0.2) is 13.2 Å². The summed E-state index contributed by atoms with van der Waals surface area (Å²) in [5, 5.41) is 8.88. The van der Waals surface area contributed by atoms with Crippen LogP contribution in [0.15, 0.2) is 53.4 Å². The first kappa shape index (κ1) is 18.6. The summed E-state index contributed by atoms with van der Waals surface area (Å²) >= 11 is 0. The maximum Gasteiger partial charge on any atom is 0.343 e. The van der Waals surface area contributed by atoms with Crippen LogP contribution in [0.4, 0.5) is 0 Å². The second kappa shape index (κ2) is 7.92. The fourth-order valence-corrected chi connectivity index (χ4v) is 3.80. The quantitative estimate of drug-likeness (QED) is 0.585. The normalized spacial score (nSPS) is 11.1. The highest BCUT2D eigenvalue weighted by molar-refractivity contribution is 7.89. The van der Waals surface area contributed by atoms with E-state index in [0.717, 1.165) is 0 Å². The molecule has 2 aromatic rings. The van der Waals surface area contributed by atoms with Gasteiger partial charge in [0.25, 0.3) is 0 Å². The summed E-state index contributed by atoms with van der Waals surface area (Å²) in [6, 6.07) is 13.9. The minimum absolute atomic E-state index is 0.0384. The van der Waals surface area contributed by atoms with Gasteiger partial charge in [-0.2, -0.15) is 9.57 Å². The Morgan fingerprint density at radius 1 is 1.12 bits per heavy atom. The number of benzene rings is 2. The lowest BCUT2D eigenvalue weighted by Crippen LogP contribution is -2.30. The predicted octanol–water partition coefficient (Wildman–Crippen LogP) is 2.81. The highest BCUT2D eigenvalue weighted by Crippen LogP contribution is 2.19. The van der Waals surface area contributed by atoms with Gasteiger partial charge in [0.05, 0.1) is 22.1 Å². The van der Waals surface area contributed by atoms with E-state index in [4.69, 9.17) is 10.00 Å². The van der Waals surface area contributed by atoms with Crippen LogP contribution in [-0.2, 0) is 10.0 Å². The van der Waals surface area contributed by atoms with Gasteiger partial charge in [-0.15, -0.1) is 0 Å². The number of hydrogen-bond acceptors (Lipinski definition) is 5. The van der Waals surface area contributed by atoms with Crippen LogP contribution in [0.3, 0.4) is 0 Å².